The molecule has 0 radical (unpaired) electrons. The van der Waals surface area contributed by atoms with E-state index in [4.69, 9.17) is 16.3 Å². The number of hydrogen-bond donors (Lipinski definition) is 1. The molecule has 0 spiro atoms. The molecule has 7 nitrogen and oxygen atoms in total. The van der Waals surface area contributed by atoms with Crippen LogP contribution in [0, 0.1) is 5.92 Å². The van der Waals surface area contributed by atoms with Crippen LogP contribution in [-0.4, -0.2) is 33.8 Å². The van der Waals surface area contributed by atoms with E-state index in [-0.39, 0.29) is 19.1 Å². The largest absolute Gasteiger partial charge is 0.459 e. The molecule has 1 aromatic heterocycles. The van der Waals surface area contributed by atoms with Crippen LogP contribution >= 0.6 is 11.6 Å². The highest BCUT2D eigenvalue weighted by molar-refractivity contribution is 6.29. The van der Waals surface area contributed by atoms with Crippen molar-refractivity contribution in [3.63, 3.8) is 0 Å². The first-order valence-electron chi connectivity index (χ1n) is 10.9. The normalized spacial score (nSPS) is 18.1. The Morgan fingerprint density at radius 1 is 1.06 bits per heavy atom. The van der Waals surface area contributed by atoms with Gasteiger partial charge in [-0.05, 0) is 42.2 Å². The van der Waals surface area contributed by atoms with E-state index in [9.17, 15) is 14.4 Å². The fourth-order valence-electron chi connectivity index (χ4n) is 3.96. The number of benzene rings is 2. The van der Waals surface area contributed by atoms with E-state index < -0.39 is 29.9 Å². The van der Waals surface area contributed by atoms with Crippen molar-refractivity contribution in [3.8, 4) is 0 Å². The molecular formula is C26H24ClN3O4. The lowest BCUT2D eigenvalue weighted by Crippen LogP contribution is -2.69. The average Bonchev–Trinajstić information content (AvgIpc) is 2.85. The van der Waals surface area contributed by atoms with Crippen molar-refractivity contribution in [2.45, 2.75) is 32.0 Å². The van der Waals surface area contributed by atoms with Crippen LogP contribution in [-0.2, 0) is 27.4 Å². The van der Waals surface area contributed by atoms with Gasteiger partial charge in [-0.25, -0.2) is 19.5 Å². The van der Waals surface area contributed by atoms with Gasteiger partial charge in [-0.1, -0.05) is 72.3 Å². The van der Waals surface area contributed by atoms with Crippen LogP contribution in [0.15, 0.2) is 79.0 Å². The number of β-lactam (4-membered cyclic amide) rings is 1. The van der Waals surface area contributed by atoms with Crippen molar-refractivity contribution in [1.29, 1.82) is 0 Å². The lowest BCUT2D eigenvalue weighted by molar-refractivity contribution is -0.170. The number of nitrogens with zero attached hydrogens (tertiary/aromatic N) is 2. The first-order valence-corrected chi connectivity index (χ1v) is 11.3. The Balaban J connectivity index is 1.50. The maximum atomic E-state index is 13.0. The molecule has 2 heterocycles. The molecule has 4 rings (SSSR count). The van der Waals surface area contributed by atoms with Crippen molar-refractivity contribution < 1.29 is 19.1 Å². The number of halogens is 1. The molecular weight excluding hydrogens is 454 g/mol. The third-order valence-electron chi connectivity index (χ3n) is 5.78. The minimum Gasteiger partial charge on any atom is -0.459 e. The molecule has 34 heavy (non-hydrogen) atoms. The van der Waals surface area contributed by atoms with Crippen molar-refractivity contribution in [1.82, 2.24) is 15.2 Å². The van der Waals surface area contributed by atoms with E-state index in [0.717, 1.165) is 21.6 Å². The van der Waals surface area contributed by atoms with Crippen LogP contribution in [0.5, 0.6) is 0 Å². The molecule has 1 fully saturated rings. The Hall–Kier alpha value is -3.71. The molecule has 174 valence electrons. The summed E-state index contributed by atoms with van der Waals surface area (Å²) >= 11 is 5.97. The summed E-state index contributed by atoms with van der Waals surface area (Å²) in [5, 5.41) is 3.10. The number of nitrogens with one attached hydrogen (secondary N) is 1. The SMILES string of the molecule is C[C@@H](NC(=O)N1C(=O)[C@H](Cc2ccnc(Cl)c2)[C@H]1C(=O)OCc1ccccc1)c1ccccc1. The van der Waals surface area contributed by atoms with Crippen molar-refractivity contribution in [2.75, 3.05) is 0 Å². The summed E-state index contributed by atoms with van der Waals surface area (Å²) in [6.07, 6.45) is 1.78. The number of imide groups is 1. The van der Waals surface area contributed by atoms with Gasteiger partial charge >= 0.3 is 12.0 Å². The second kappa shape index (κ2) is 10.5. The standard InChI is InChI=1S/C26H24ClN3O4/c1-17(20-10-6-3-7-11-20)29-26(33)30-23(25(32)34-16-18-8-4-2-5-9-18)21(24(30)31)14-19-12-13-28-22(27)15-19/h2-13,15,17,21,23H,14,16H2,1H3,(H,29,33)/t17-,21-,23+/m1/s1. The molecule has 2 aromatic carbocycles. The van der Waals surface area contributed by atoms with Gasteiger partial charge in [-0.3, -0.25) is 4.79 Å². The maximum Gasteiger partial charge on any atom is 0.330 e. The molecule has 1 saturated heterocycles. The quantitative estimate of drug-likeness (QED) is 0.311. The number of carbonyl (C=O) groups is 3. The van der Waals surface area contributed by atoms with E-state index >= 15 is 0 Å². The van der Waals surface area contributed by atoms with E-state index in [2.05, 4.69) is 10.3 Å². The number of carbonyl (C=O) groups excluding carboxylic acids is 3. The number of hydrogen-bond acceptors (Lipinski definition) is 5. The van der Waals surface area contributed by atoms with Gasteiger partial charge in [0.1, 0.15) is 11.8 Å². The lowest BCUT2D eigenvalue weighted by Gasteiger charge is -2.44. The Bertz CT molecular complexity index is 1170. The fourth-order valence-corrected chi connectivity index (χ4v) is 4.16. The van der Waals surface area contributed by atoms with E-state index in [1.807, 2.05) is 67.6 Å². The van der Waals surface area contributed by atoms with Crippen LogP contribution in [0.1, 0.15) is 29.7 Å². The summed E-state index contributed by atoms with van der Waals surface area (Å²) < 4.78 is 5.49. The number of amides is 3. The minimum atomic E-state index is -1.04. The van der Waals surface area contributed by atoms with Crippen molar-refractivity contribution >= 4 is 29.5 Å². The van der Waals surface area contributed by atoms with Gasteiger partial charge in [-0.2, -0.15) is 0 Å². The average molecular weight is 478 g/mol. The smallest absolute Gasteiger partial charge is 0.330 e. The molecule has 0 bridgehead atoms. The summed E-state index contributed by atoms with van der Waals surface area (Å²) in [6.45, 7) is 1.87. The molecule has 1 aliphatic rings. The summed E-state index contributed by atoms with van der Waals surface area (Å²) in [5.41, 5.74) is 2.44. The van der Waals surface area contributed by atoms with Crippen LogP contribution in [0.3, 0.4) is 0 Å². The van der Waals surface area contributed by atoms with E-state index in [1.54, 1.807) is 12.1 Å². The number of pyridine rings is 1. The zero-order chi connectivity index (χ0) is 24.1. The third kappa shape index (κ3) is 5.26. The second-order valence-electron chi connectivity index (χ2n) is 8.13. The molecule has 0 unspecified atom stereocenters. The Morgan fingerprint density at radius 2 is 1.74 bits per heavy atom. The van der Waals surface area contributed by atoms with Gasteiger partial charge in [0.2, 0.25) is 5.91 Å². The minimum absolute atomic E-state index is 0.0496. The third-order valence-corrected chi connectivity index (χ3v) is 5.99. The van der Waals surface area contributed by atoms with Crippen molar-refractivity contribution in [2.24, 2.45) is 5.92 Å². The number of likely N-dealkylation sites (tertiary alicyclic amines) is 1. The molecule has 1 aliphatic heterocycles. The molecule has 8 heteroatoms. The van der Waals surface area contributed by atoms with Crippen molar-refractivity contribution in [3.05, 3.63) is 101 Å². The van der Waals surface area contributed by atoms with Crippen LogP contribution < -0.4 is 5.32 Å². The zero-order valence-electron chi connectivity index (χ0n) is 18.6. The molecule has 3 amide bonds. The predicted molar refractivity (Wildman–Crippen MR) is 127 cm³/mol. The first kappa shape index (κ1) is 23.4. The number of ether oxygens (including phenoxy) is 1. The first-order chi connectivity index (χ1) is 16.4. The van der Waals surface area contributed by atoms with Gasteiger partial charge in [0, 0.05) is 6.20 Å². The molecule has 3 aromatic rings. The zero-order valence-corrected chi connectivity index (χ0v) is 19.3. The summed E-state index contributed by atoms with van der Waals surface area (Å²) in [4.78, 5) is 44.0. The highest BCUT2D eigenvalue weighted by Crippen LogP contribution is 2.32. The van der Waals surface area contributed by atoms with E-state index in [1.165, 1.54) is 6.20 Å². The number of aromatic nitrogens is 1. The predicted octanol–water partition coefficient (Wildman–Crippen LogP) is 4.32. The monoisotopic (exact) mass is 477 g/mol. The summed E-state index contributed by atoms with van der Waals surface area (Å²) in [5.74, 6) is -1.80. The summed E-state index contributed by atoms with van der Waals surface area (Å²) in [7, 11) is 0. The van der Waals surface area contributed by atoms with Gasteiger partial charge in [-0.15, -0.1) is 0 Å². The lowest BCUT2D eigenvalue weighted by atomic mass is 9.82. The highest BCUT2D eigenvalue weighted by Gasteiger charge is 2.55. The van der Waals surface area contributed by atoms with Gasteiger partial charge < -0.3 is 10.1 Å². The number of urea groups is 1. The highest BCUT2D eigenvalue weighted by atomic mass is 35.5. The summed E-state index contributed by atoms with van der Waals surface area (Å²) in [6, 6.07) is 20.0. The van der Waals surface area contributed by atoms with Gasteiger partial charge in [0.05, 0.1) is 12.0 Å². The number of esters is 1. The maximum absolute atomic E-state index is 13.0. The molecule has 0 saturated carbocycles. The topological polar surface area (TPSA) is 88.6 Å². The van der Waals surface area contributed by atoms with Crippen LogP contribution in [0.25, 0.3) is 0 Å². The number of rotatable bonds is 7. The van der Waals surface area contributed by atoms with Gasteiger partial charge in [0.25, 0.3) is 0 Å². The van der Waals surface area contributed by atoms with Crippen LogP contribution in [0.2, 0.25) is 5.15 Å². The Labute approximate surface area is 202 Å². The van der Waals surface area contributed by atoms with Crippen LogP contribution in [0.4, 0.5) is 4.79 Å². The molecule has 3 atom stereocenters. The fraction of sp³-hybridized carbons (Fsp3) is 0.231. The Kier molecular flexibility index (Phi) is 7.23. The molecule has 1 N–H and O–H groups in total. The molecule has 0 aliphatic carbocycles. The van der Waals surface area contributed by atoms with Gasteiger partial charge in [0.15, 0.2) is 6.04 Å². The van der Waals surface area contributed by atoms with E-state index in [0.29, 0.717) is 5.15 Å². The second-order valence-corrected chi connectivity index (χ2v) is 8.51. The Morgan fingerprint density at radius 3 is 2.41 bits per heavy atom.